The van der Waals surface area contributed by atoms with E-state index >= 15 is 0 Å². The van der Waals surface area contributed by atoms with Crippen LogP contribution >= 0.6 is 0 Å². The van der Waals surface area contributed by atoms with Gasteiger partial charge in [-0.15, -0.1) is 0 Å². The van der Waals surface area contributed by atoms with Crippen molar-refractivity contribution in [3.63, 3.8) is 0 Å². The van der Waals surface area contributed by atoms with Gasteiger partial charge < -0.3 is 14.6 Å². The number of aryl methyl sites for hydroxylation is 1. The number of nitrogens with zero attached hydrogens (tertiary/aromatic N) is 7. The predicted octanol–water partition coefficient (Wildman–Crippen LogP) is 2.18. The Bertz CT molecular complexity index is 1250. The van der Waals surface area contributed by atoms with Crippen LogP contribution in [0.15, 0.2) is 49.1 Å². The molecular formula is C19H18N8O4. The van der Waals surface area contributed by atoms with Crippen LogP contribution < -0.4 is 14.8 Å². The number of benzene rings is 1. The third kappa shape index (κ3) is 4.12. The number of fused-ring (bicyclic) bond motifs is 1. The van der Waals surface area contributed by atoms with Crippen molar-refractivity contribution in [2.75, 3.05) is 11.9 Å². The zero-order chi connectivity index (χ0) is 21.8. The smallest absolute Gasteiger partial charge is 0.410 e. The maximum absolute atomic E-state index is 10.8. The summed E-state index contributed by atoms with van der Waals surface area (Å²) in [5.41, 5.74) is 1.75. The molecule has 4 aromatic rings. The lowest BCUT2D eigenvalue weighted by atomic mass is 10.3. The molecule has 0 saturated carbocycles. The van der Waals surface area contributed by atoms with Crippen molar-refractivity contribution in [3.8, 4) is 17.7 Å². The molecule has 0 atom stereocenters. The van der Waals surface area contributed by atoms with E-state index in [1.807, 2.05) is 12.1 Å². The molecule has 0 saturated heterocycles. The second kappa shape index (κ2) is 8.49. The molecule has 3 aromatic heterocycles. The molecule has 31 heavy (non-hydrogen) atoms. The Balaban J connectivity index is 1.72. The molecule has 3 heterocycles. The lowest BCUT2D eigenvalue weighted by Crippen LogP contribution is -2.11. The van der Waals surface area contributed by atoms with Gasteiger partial charge in [-0.2, -0.15) is 4.98 Å². The van der Waals surface area contributed by atoms with Gasteiger partial charge in [-0.25, -0.2) is 19.0 Å². The maximum atomic E-state index is 10.8. The number of para-hydroxylation sites is 1. The summed E-state index contributed by atoms with van der Waals surface area (Å²) in [6, 6.07) is 10.6. The van der Waals surface area contributed by atoms with Crippen LogP contribution in [0.5, 0.6) is 11.8 Å². The Hall–Kier alpha value is -4.48. The first-order chi connectivity index (χ1) is 15.1. The summed E-state index contributed by atoms with van der Waals surface area (Å²) in [6.45, 7) is 4.02. The molecule has 0 aliphatic heterocycles. The molecular weight excluding hydrogens is 404 g/mol. The van der Waals surface area contributed by atoms with Crippen molar-refractivity contribution in [1.29, 1.82) is 0 Å². The Labute approximate surface area is 175 Å². The molecule has 0 spiro atoms. The number of pyridine rings is 1. The molecule has 0 aliphatic carbocycles. The van der Waals surface area contributed by atoms with Crippen molar-refractivity contribution >= 4 is 22.9 Å². The zero-order valence-electron chi connectivity index (χ0n) is 16.5. The summed E-state index contributed by atoms with van der Waals surface area (Å²) in [5, 5.41) is 22.7. The largest absolute Gasteiger partial charge is 0.487 e. The molecule has 4 rings (SSSR count). The van der Waals surface area contributed by atoms with E-state index in [9.17, 15) is 4.79 Å². The molecule has 0 fully saturated rings. The third-order valence-corrected chi connectivity index (χ3v) is 4.16. The number of rotatable bonds is 8. The molecule has 0 aliphatic rings. The Morgan fingerprint density at radius 2 is 2.06 bits per heavy atom. The van der Waals surface area contributed by atoms with Gasteiger partial charge in [0.15, 0.2) is 0 Å². The zero-order valence-corrected chi connectivity index (χ0v) is 16.5. The number of hydrogen-bond acceptors (Lipinski definition) is 8. The fourth-order valence-electron chi connectivity index (χ4n) is 2.90. The molecule has 2 N–H and O–H groups in total. The minimum atomic E-state index is -1.20. The highest BCUT2D eigenvalue weighted by Gasteiger charge is 2.20. The van der Waals surface area contributed by atoms with E-state index in [1.54, 1.807) is 42.0 Å². The number of nitrogens with one attached hydrogen (secondary N) is 1. The summed E-state index contributed by atoms with van der Waals surface area (Å²) in [4.78, 5) is 19.6. The first-order valence-corrected chi connectivity index (χ1v) is 9.13. The van der Waals surface area contributed by atoms with Crippen molar-refractivity contribution in [2.45, 2.75) is 6.61 Å². The van der Waals surface area contributed by atoms with Gasteiger partial charge in [-0.3, -0.25) is 5.32 Å². The number of ether oxygens (including phenoxy) is 2. The van der Waals surface area contributed by atoms with E-state index in [2.05, 4.69) is 37.4 Å². The van der Waals surface area contributed by atoms with Gasteiger partial charge in [0, 0.05) is 7.05 Å². The molecule has 0 unspecified atom stereocenters. The fraction of sp³-hybridized carbons (Fsp3) is 0.158. The van der Waals surface area contributed by atoms with Crippen molar-refractivity contribution in [2.24, 2.45) is 7.05 Å². The Morgan fingerprint density at radius 1 is 1.23 bits per heavy atom. The van der Waals surface area contributed by atoms with E-state index in [-0.39, 0.29) is 18.4 Å². The van der Waals surface area contributed by atoms with Crippen LogP contribution in [0.1, 0.15) is 5.69 Å². The first-order valence-electron chi connectivity index (χ1n) is 9.13. The normalized spacial score (nSPS) is 10.7. The lowest BCUT2D eigenvalue weighted by Gasteiger charge is -2.09. The summed E-state index contributed by atoms with van der Waals surface area (Å²) >= 11 is 0. The molecule has 0 radical (unpaired) electrons. The minimum absolute atomic E-state index is 0.0343. The van der Waals surface area contributed by atoms with E-state index in [0.29, 0.717) is 35.0 Å². The highest BCUT2D eigenvalue weighted by Crippen LogP contribution is 2.31. The van der Waals surface area contributed by atoms with Crippen molar-refractivity contribution in [1.82, 2.24) is 34.7 Å². The minimum Gasteiger partial charge on any atom is -0.487 e. The SMILES string of the molecule is C=CCOc1cccc2c1nc(OCc1cccc(NC(=O)O)n1)n2-c1nnnn1C. The average Bonchev–Trinajstić information content (AvgIpc) is 3.33. The molecule has 12 heteroatoms. The summed E-state index contributed by atoms with van der Waals surface area (Å²) in [5.74, 6) is 1.15. The molecule has 1 amide bonds. The number of anilines is 1. The van der Waals surface area contributed by atoms with E-state index in [0.717, 1.165) is 0 Å². The summed E-state index contributed by atoms with van der Waals surface area (Å²) in [7, 11) is 1.70. The second-order valence-corrected chi connectivity index (χ2v) is 6.29. The van der Waals surface area contributed by atoms with Crippen LogP contribution in [-0.4, -0.2) is 52.5 Å². The van der Waals surface area contributed by atoms with Gasteiger partial charge in [-0.05, 0) is 34.7 Å². The maximum Gasteiger partial charge on any atom is 0.410 e. The number of hydrogen-bond donors (Lipinski definition) is 2. The van der Waals surface area contributed by atoms with E-state index in [4.69, 9.17) is 14.6 Å². The quantitative estimate of drug-likeness (QED) is 0.408. The number of carbonyl (C=O) groups is 1. The fourth-order valence-corrected chi connectivity index (χ4v) is 2.90. The van der Waals surface area contributed by atoms with Gasteiger partial charge >= 0.3 is 12.1 Å². The Kier molecular flexibility index (Phi) is 5.43. The summed E-state index contributed by atoms with van der Waals surface area (Å²) in [6.07, 6.45) is 0.443. The van der Waals surface area contributed by atoms with Crippen LogP contribution in [0.3, 0.4) is 0 Å². The van der Waals surface area contributed by atoms with Gasteiger partial charge in [-0.1, -0.05) is 29.9 Å². The van der Waals surface area contributed by atoms with E-state index in [1.165, 1.54) is 4.68 Å². The topological polar surface area (TPSA) is 142 Å². The molecule has 0 bridgehead atoms. The number of imidazole rings is 1. The monoisotopic (exact) mass is 422 g/mol. The van der Waals surface area contributed by atoms with Gasteiger partial charge in [0.05, 0.1) is 11.2 Å². The van der Waals surface area contributed by atoms with Gasteiger partial charge in [0.25, 0.3) is 5.95 Å². The van der Waals surface area contributed by atoms with Crippen molar-refractivity contribution < 1.29 is 19.4 Å². The van der Waals surface area contributed by atoms with Crippen LogP contribution in [-0.2, 0) is 13.7 Å². The van der Waals surface area contributed by atoms with Crippen LogP contribution in [0.25, 0.3) is 17.0 Å². The highest BCUT2D eigenvalue weighted by molar-refractivity contribution is 5.84. The molecule has 1 aromatic carbocycles. The van der Waals surface area contributed by atoms with E-state index < -0.39 is 6.09 Å². The van der Waals surface area contributed by atoms with Gasteiger partial charge in [0.1, 0.15) is 30.3 Å². The standard InChI is InChI=1S/C19H18N8O4/c1-3-10-30-14-8-5-7-13-16(14)22-18(27(13)17-23-24-25-26(17)2)31-11-12-6-4-9-15(20-12)21-19(28)29/h3-9H,1,10-11H2,2H3,(H,20,21)(H,28,29). The van der Waals surface area contributed by atoms with Crippen LogP contribution in [0.4, 0.5) is 10.6 Å². The predicted molar refractivity (Wildman–Crippen MR) is 109 cm³/mol. The van der Waals surface area contributed by atoms with Crippen molar-refractivity contribution in [3.05, 3.63) is 54.7 Å². The third-order valence-electron chi connectivity index (χ3n) is 4.16. The number of aromatic nitrogens is 7. The average molecular weight is 422 g/mol. The summed E-state index contributed by atoms with van der Waals surface area (Å²) < 4.78 is 14.8. The number of carboxylic acid groups (broad SMARTS) is 1. The second-order valence-electron chi connectivity index (χ2n) is 6.29. The van der Waals surface area contributed by atoms with Crippen LogP contribution in [0, 0.1) is 0 Å². The number of amides is 1. The Morgan fingerprint density at radius 3 is 2.81 bits per heavy atom. The lowest BCUT2D eigenvalue weighted by molar-refractivity contribution is 0.209. The molecule has 12 nitrogen and oxygen atoms in total. The first kappa shape index (κ1) is 19.8. The number of tetrazole rings is 1. The highest BCUT2D eigenvalue weighted by atomic mass is 16.5. The van der Waals surface area contributed by atoms with Crippen LogP contribution in [0.2, 0.25) is 0 Å². The van der Waals surface area contributed by atoms with Gasteiger partial charge in [0.2, 0.25) is 0 Å². The molecule has 158 valence electrons.